The van der Waals surface area contributed by atoms with Gasteiger partial charge in [0.25, 0.3) is 0 Å². The topological polar surface area (TPSA) is 38.3 Å². The van der Waals surface area contributed by atoms with E-state index in [4.69, 9.17) is 4.74 Å². The molecule has 3 nitrogen and oxygen atoms in total. The number of hydrogen-bond acceptors (Lipinski definition) is 3. The lowest BCUT2D eigenvalue weighted by Crippen LogP contribution is -2.51. The molecule has 1 saturated heterocycles. The predicted octanol–water partition coefficient (Wildman–Crippen LogP) is 1.24. The quantitative estimate of drug-likeness (QED) is 0.580. The van der Waals surface area contributed by atoms with Gasteiger partial charge in [0.1, 0.15) is 12.4 Å². The molecule has 0 spiro atoms. The third kappa shape index (κ3) is 2.20. The Morgan fingerprint density at radius 3 is 2.64 bits per heavy atom. The minimum Gasteiger partial charge on any atom is -0.491 e. The van der Waals surface area contributed by atoms with Gasteiger partial charge in [0.2, 0.25) is 5.91 Å². The van der Waals surface area contributed by atoms with E-state index in [1.807, 2.05) is 24.3 Å². The average molecular weight is 209 g/mol. The van der Waals surface area contributed by atoms with Crippen LogP contribution in [-0.4, -0.2) is 18.6 Å². The molecule has 1 atom stereocenters. The van der Waals surface area contributed by atoms with E-state index in [0.717, 1.165) is 10.6 Å². The zero-order chi connectivity index (χ0) is 9.97. The fourth-order valence-electron chi connectivity index (χ4n) is 1.27. The molecule has 0 radical (unpaired) electrons. The van der Waals surface area contributed by atoms with Crippen molar-refractivity contribution in [3.63, 3.8) is 0 Å². The largest absolute Gasteiger partial charge is 0.491 e. The summed E-state index contributed by atoms with van der Waals surface area (Å²) in [5.74, 6) is 0.910. The third-order valence-electron chi connectivity index (χ3n) is 2.08. The number of carbonyl (C=O) groups excluding carboxylic acids is 1. The molecule has 1 N–H and O–H groups in total. The van der Waals surface area contributed by atoms with Crippen molar-refractivity contribution in [2.75, 3.05) is 6.61 Å². The zero-order valence-corrected chi connectivity index (χ0v) is 8.46. The molecule has 14 heavy (non-hydrogen) atoms. The predicted molar refractivity (Wildman–Crippen MR) is 55.7 cm³/mol. The Labute approximate surface area is 87.9 Å². The molecule has 1 aromatic rings. The van der Waals surface area contributed by atoms with Gasteiger partial charge in [-0.25, -0.2) is 0 Å². The van der Waals surface area contributed by atoms with E-state index in [1.165, 1.54) is 0 Å². The Morgan fingerprint density at radius 2 is 2.07 bits per heavy atom. The van der Waals surface area contributed by atoms with Crippen molar-refractivity contribution >= 4 is 18.5 Å². The number of thiol groups is 1. The highest BCUT2D eigenvalue weighted by molar-refractivity contribution is 7.80. The Balaban J connectivity index is 1.80. The van der Waals surface area contributed by atoms with Crippen LogP contribution in [0.15, 0.2) is 29.2 Å². The summed E-state index contributed by atoms with van der Waals surface area (Å²) in [5.41, 5.74) is 0. The summed E-state index contributed by atoms with van der Waals surface area (Å²) in [7, 11) is 0. The fourth-order valence-corrected chi connectivity index (χ4v) is 1.42. The molecule has 1 aromatic carbocycles. The van der Waals surface area contributed by atoms with Gasteiger partial charge in [-0.1, -0.05) is 0 Å². The first-order valence-electron chi connectivity index (χ1n) is 4.45. The van der Waals surface area contributed by atoms with Crippen LogP contribution < -0.4 is 10.1 Å². The molecule has 0 aromatic heterocycles. The Morgan fingerprint density at radius 1 is 1.43 bits per heavy atom. The van der Waals surface area contributed by atoms with E-state index < -0.39 is 0 Å². The number of ether oxygens (including phenoxy) is 1. The van der Waals surface area contributed by atoms with Crippen molar-refractivity contribution in [1.29, 1.82) is 0 Å². The minimum atomic E-state index is 0.101. The summed E-state index contributed by atoms with van der Waals surface area (Å²) in [6.45, 7) is 0.539. The number of nitrogens with one attached hydrogen (secondary N) is 1. The second-order valence-electron chi connectivity index (χ2n) is 3.27. The van der Waals surface area contributed by atoms with Crippen LogP contribution >= 0.6 is 12.6 Å². The van der Waals surface area contributed by atoms with Crippen molar-refractivity contribution in [3.8, 4) is 5.75 Å². The van der Waals surface area contributed by atoms with Gasteiger partial charge in [0.05, 0.1) is 12.5 Å². The van der Waals surface area contributed by atoms with Gasteiger partial charge < -0.3 is 10.1 Å². The lowest BCUT2D eigenvalue weighted by molar-refractivity contribution is -0.128. The first-order valence-corrected chi connectivity index (χ1v) is 4.90. The van der Waals surface area contributed by atoms with Crippen LogP contribution in [0.5, 0.6) is 5.75 Å². The maximum absolute atomic E-state index is 10.6. The molecular weight excluding hydrogens is 198 g/mol. The molecule has 0 aliphatic carbocycles. The van der Waals surface area contributed by atoms with Crippen LogP contribution in [0.4, 0.5) is 0 Å². The normalized spacial score (nSPS) is 19.8. The van der Waals surface area contributed by atoms with Crippen LogP contribution in [0.2, 0.25) is 0 Å². The number of β-lactam (4-membered cyclic amide) rings is 1. The third-order valence-corrected chi connectivity index (χ3v) is 2.38. The van der Waals surface area contributed by atoms with Crippen LogP contribution in [0.1, 0.15) is 6.42 Å². The second-order valence-corrected chi connectivity index (χ2v) is 3.79. The molecule has 1 amide bonds. The molecule has 1 aliphatic rings. The van der Waals surface area contributed by atoms with Crippen LogP contribution in [0.3, 0.4) is 0 Å². The van der Waals surface area contributed by atoms with Crippen molar-refractivity contribution in [2.45, 2.75) is 17.4 Å². The highest BCUT2D eigenvalue weighted by Gasteiger charge is 2.25. The SMILES string of the molecule is O=C1CC(COc2ccc(S)cc2)N1. The van der Waals surface area contributed by atoms with E-state index in [0.29, 0.717) is 13.0 Å². The van der Waals surface area contributed by atoms with Crippen LogP contribution in [-0.2, 0) is 4.79 Å². The number of carbonyl (C=O) groups is 1. The Bertz CT molecular complexity index is 328. The fraction of sp³-hybridized carbons (Fsp3) is 0.300. The maximum atomic E-state index is 10.6. The maximum Gasteiger partial charge on any atom is 0.222 e. The first-order chi connectivity index (χ1) is 6.74. The van der Waals surface area contributed by atoms with Crippen LogP contribution in [0, 0.1) is 0 Å². The van der Waals surface area contributed by atoms with E-state index in [-0.39, 0.29) is 11.9 Å². The van der Waals surface area contributed by atoms with Crippen molar-refractivity contribution in [3.05, 3.63) is 24.3 Å². The molecule has 1 fully saturated rings. The molecule has 1 aliphatic heterocycles. The lowest BCUT2D eigenvalue weighted by Gasteiger charge is -2.26. The van der Waals surface area contributed by atoms with E-state index in [9.17, 15) is 4.79 Å². The van der Waals surface area contributed by atoms with Gasteiger partial charge in [0, 0.05) is 4.90 Å². The van der Waals surface area contributed by atoms with Gasteiger partial charge in [-0.2, -0.15) is 0 Å². The van der Waals surface area contributed by atoms with Gasteiger partial charge in [-0.15, -0.1) is 12.6 Å². The van der Waals surface area contributed by atoms with Crippen molar-refractivity contribution in [1.82, 2.24) is 5.32 Å². The summed E-state index contributed by atoms with van der Waals surface area (Å²) in [5, 5.41) is 2.75. The minimum absolute atomic E-state index is 0.101. The number of hydrogen-bond donors (Lipinski definition) is 2. The van der Waals surface area contributed by atoms with E-state index in [1.54, 1.807) is 0 Å². The summed E-state index contributed by atoms with van der Waals surface area (Å²) in [6, 6.07) is 7.65. The zero-order valence-electron chi connectivity index (χ0n) is 7.56. The summed E-state index contributed by atoms with van der Waals surface area (Å²) in [6.07, 6.45) is 0.574. The molecule has 74 valence electrons. The second kappa shape index (κ2) is 3.92. The monoisotopic (exact) mass is 209 g/mol. The highest BCUT2D eigenvalue weighted by atomic mass is 32.1. The molecule has 0 bridgehead atoms. The number of amides is 1. The van der Waals surface area contributed by atoms with Gasteiger partial charge >= 0.3 is 0 Å². The van der Waals surface area contributed by atoms with Gasteiger partial charge in [0.15, 0.2) is 0 Å². The van der Waals surface area contributed by atoms with Gasteiger partial charge in [-0.05, 0) is 24.3 Å². The van der Waals surface area contributed by atoms with Crippen molar-refractivity contribution < 1.29 is 9.53 Å². The molecule has 1 heterocycles. The summed E-state index contributed by atoms with van der Waals surface area (Å²) in [4.78, 5) is 11.5. The molecule has 0 saturated carbocycles. The van der Waals surface area contributed by atoms with Crippen molar-refractivity contribution in [2.24, 2.45) is 0 Å². The van der Waals surface area contributed by atoms with E-state index >= 15 is 0 Å². The summed E-state index contributed by atoms with van der Waals surface area (Å²) < 4.78 is 5.46. The average Bonchev–Trinajstić information content (AvgIpc) is 2.13. The first kappa shape index (κ1) is 9.40. The Kier molecular flexibility index (Phi) is 2.63. The smallest absolute Gasteiger partial charge is 0.222 e. The Hall–Kier alpha value is -1.16. The highest BCUT2D eigenvalue weighted by Crippen LogP contribution is 2.15. The number of rotatable bonds is 3. The van der Waals surface area contributed by atoms with Gasteiger partial charge in [-0.3, -0.25) is 4.79 Å². The standard InChI is InChI=1S/C10H11NO2S/c12-10-5-7(11-10)6-13-8-1-3-9(14)4-2-8/h1-4,7,14H,5-6H2,(H,11,12). The molecular formula is C10H11NO2S. The van der Waals surface area contributed by atoms with E-state index in [2.05, 4.69) is 17.9 Å². The number of benzene rings is 1. The lowest BCUT2D eigenvalue weighted by atomic mass is 10.1. The molecule has 2 rings (SSSR count). The molecule has 4 heteroatoms. The van der Waals surface area contributed by atoms with Crippen LogP contribution in [0.25, 0.3) is 0 Å². The summed E-state index contributed by atoms with van der Waals surface area (Å²) >= 11 is 4.17. The molecule has 1 unspecified atom stereocenters.